The minimum atomic E-state index is -0.361. The van der Waals surface area contributed by atoms with Gasteiger partial charge in [-0.1, -0.05) is 25.1 Å². The molecule has 0 radical (unpaired) electrons. The lowest BCUT2D eigenvalue weighted by molar-refractivity contribution is 0.0858. The van der Waals surface area contributed by atoms with Crippen LogP contribution in [0.15, 0.2) is 48.5 Å². The van der Waals surface area contributed by atoms with Crippen molar-refractivity contribution >= 4 is 34.8 Å². The normalized spacial score (nSPS) is 15.2. The van der Waals surface area contributed by atoms with Gasteiger partial charge in [-0.05, 0) is 61.8 Å². The number of anilines is 1. The van der Waals surface area contributed by atoms with Crippen LogP contribution in [0.5, 0.6) is 5.75 Å². The first-order chi connectivity index (χ1) is 15.1. The second-order valence-electron chi connectivity index (χ2n) is 7.18. The van der Waals surface area contributed by atoms with Crippen molar-refractivity contribution in [1.82, 2.24) is 10.6 Å². The van der Waals surface area contributed by atoms with E-state index in [9.17, 15) is 9.59 Å². The van der Waals surface area contributed by atoms with Gasteiger partial charge >= 0.3 is 0 Å². The van der Waals surface area contributed by atoms with Gasteiger partial charge in [0.25, 0.3) is 11.8 Å². The van der Waals surface area contributed by atoms with Gasteiger partial charge in [-0.2, -0.15) is 0 Å². The van der Waals surface area contributed by atoms with E-state index in [4.69, 9.17) is 21.7 Å². The first-order valence-corrected chi connectivity index (χ1v) is 10.8. The molecule has 7 nitrogen and oxygen atoms in total. The summed E-state index contributed by atoms with van der Waals surface area (Å²) in [6.07, 6.45) is 2.90. The summed E-state index contributed by atoms with van der Waals surface area (Å²) in [6, 6.07) is 13.9. The zero-order chi connectivity index (χ0) is 22.1. The summed E-state index contributed by atoms with van der Waals surface area (Å²) in [7, 11) is 0. The molecular formula is C23H27N3O4S. The molecule has 0 bridgehead atoms. The molecule has 3 N–H and O–H groups in total. The summed E-state index contributed by atoms with van der Waals surface area (Å²) in [4.78, 5) is 25.2. The largest absolute Gasteiger partial charge is 0.494 e. The molecule has 1 unspecified atom stereocenters. The third-order valence-electron chi connectivity index (χ3n) is 4.73. The number of rotatable bonds is 8. The molecule has 3 rings (SSSR count). The van der Waals surface area contributed by atoms with Crippen LogP contribution in [0.2, 0.25) is 0 Å². The molecule has 0 saturated carbocycles. The Balaban J connectivity index is 1.59. The van der Waals surface area contributed by atoms with Crippen LogP contribution >= 0.6 is 12.2 Å². The Morgan fingerprint density at radius 2 is 2.00 bits per heavy atom. The molecule has 2 aromatic carbocycles. The predicted molar refractivity (Wildman–Crippen MR) is 124 cm³/mol. The molecule has 8 heteroatoms. The van der Waals surface area contributed by atoms with Crippen LogP contribution in [-0.2, 0) is 4.74 Å². The van der Waals surface area contributed by atoms with Gasteiger partial charge < -0.3 is 20.1 Å². The van der Waals surface area contributed by atoms with E-state index < -0.39 is 0 Å². The maximum Gasteiger partial charge on any atom is 0.257 e. The third-order valence-corrected chi connectivity index (χ3v) is 4.93. The number of carbonyl (C=O) groups excluding carboxylic acids is 2. The highest BCUT2D eigenvalue weighted by Crippen LogP contribution is 2.17. The smallest absolute Gasteiger partial charge is 0.257 e. The summed E-state index contributed by atoms with van der Waals surface area (Å²) >= 11 is 5.29. The number of benzene rings is 2. The van der Waals surface area contributed by atoms with Gasteiger partial charge in [-0.3, -0.25) is 14.9 Å². The SMILES string of the molecule is CCCOc1cccc(C(=O)NC(=S)Nc2ccccc2C(=O)NCC2CCCO2)c1. The molecule has 1 aliphatic rings. The summed E-state index contributed by atoms with van der Waals surface area (Å²) in [6.45, 7) is 3.79. The Labute approximate surface area is 187 Å². The van der Waals surface area contributed by atoms with Gasteiger partial charge in [0.2, 0.25) is 0 Å². The molecule has 1 atom stereocenters. The molecule has 1 saturated heterocycles. The highest BCUT2D eigenvalue weighted by Gasteiger charge is 2.18. The molecule has 1 fully saturated rings. The van der Waals surface area contributed by atoms with Gasteiger partial charge in [0, 0.05) is 18.7 Å². The molecule has 164 valence electrons. The number of amides is 2. The Kier molecular flexibility index (Phi) is 8.37. The molecule has 2 aromatic rings. The molecule has 1 heterocycles. The van der Waals surface area contributed by atoms with E-state index in [2.05, 4.69) is 16.0 Å². The average molecular weight is 442 g/mol. The number of thiocarbonyl (C=S) groups is 1. The van der Waals surface area contributed by atoms with Crippen LogP contribution < -0.4 is 20.7 Å². The standard InChI is InChI=1S/C23H27N3O4S/c1-2-12-29-17-8-5-7-16(14-17)21(27)26-23(31)25-20-11-4-3-10-19(20)22(28)24-15-18-9-6-13-30-18/h3-5,7-8,10-11,14,18H,2,6,9,12-13,15H2,1H3,(H,24,28)(H2,25,26,27,31). The van der Waals surface area contributed by atoms with Gasteiger partial charge in [0.15, 0.2) is 5.11 Å². The van der Waals surface area contributed by atoms with Crippen molar-refractivity contribution in [3.8, 4) is 5.75 Å². The topological polar surface area (TPSA) is 88.7 Å². The Hall–Kier alpha value is -2.97. The lowest BCUT2D eigenvalue weighted by Crippen LogP contribution is -2.35. The minimum Gasteiger partial charge on any atom is -0.494 e. The number of carbonyl (C=O) groups is 2. The number of para-hydroxylation sites is 1. The van der Waals surface area contributed by atoms with Crippen molar-refractivity contribution < 1.29 is 19.1 Å². The second kappa shape index (κ2) is 11.4. The Morgan fingerprint density at radius 1 is 1.16 bits per heavy atom. The fourth-order valence-corrected chi connectivity index (χ4v) is 3.38. The zero-order valence-corrected chi connectivity index (χ0v) is 18.3. The highest BCUT2D eigenvalue weighted by molar-refractivity contribution is 7.80. The zero-order valence-electron chi connectivity index (χ0n) is 17.5. The Morgan fingerprint density at radius 3 is 2.77 bits per heavy atom. The van der Waals surface area contributed by atoms with Crippen molar-refractivity contribution in [1.29, 1.82) is 0 Å². The summed E-state index contributed by atoms with van der Waals surface area (Å²) in [5.41, 5.74) is 1.38. The molecule has 31 heavy (non-hydrogen) atoms. The second-order valence-corrected chi connectivity index (χ2v) is 7.58. The minimum absolute atomic E-state index is 0.0569. The quantitative estimate of drug-likeness (QED) is 0.544. The van der Waals surface area contributed by atoms with E-state index in [1.807, 2.05) is 6.92 Å². The third kappa shape index (κ3) is 6.77. The van der Waals surface area contributed by atoms with Gasteiger partial charge in [-0.25, -0.2) is 0 Å². The van der Waals surface area contributed by atoms with E-state index in [0.29, 0.717) is 35.7 Å². The van der Waals surface area contributed by atoms with Crippen molar-refractivity contribution in [3.63, 3.8) is 0 Å². The van der Waals surface area contributed by atoms with E-state index in [-0.39, 0.29) is 23.0 Å². The fraction of sp³-hybridized carbons (Fsp3) is 0.348. The molecule has 0 aromatic heterocycles. The van der Waals surface area contributed by atoms with Gasteiger partial charge in [-0.15, -0.1) is 0 Å². The van der Waals surface area contributed by atoms with E-state index >= 15 is 0 Å². The van der Waals surface area contributed by atoms with Crippen molar-refractivity contribution in [2.75, 3.05) is 25.1 Å². The van der Waals surface area contributed by atoms with Crippen LogP contribution in [0.1, 0.15) is 46.9 Å². The number of ether oxygens (including phenoxy) is 2. The van der Waals surface area contributed by atoms with E-state index in [1.165, 1.54) is 0 Å². The molecule has 2 amide bonds. The highest BCUT2D eigenvalue weighted by atomic mass is 32.1. The van der Waals surface area contributed by atoms with Crippen LogP contribution in [0.4, 0.5) is 5.69 Å². The number of hydrogen-bond acceptors (Lipinski definition) is 5. The van der Waals surface area contributed by atoms with Crippen molar-refractivity contribution in [2.24, 2.45) is 0 Å². The van der Waals surface area contributed by atoms with Gasteiger partial charge in [0.1, 0.15) is 5.75 Å². The summed E-state index contributed by atoms with van der Waals surface area (Å²) in [5, 5.41) is 8.59. The maximum atomic E-state index is 12.6. The van der Waals surface area contributed by atoms with Crippen molar-refractivity contribution in [3.05, 3.63) is 59.7 Å². The molecule has 1 aliphatic heterocycles. The lowest BCUT2D eigenvalue weighted by Gasteiger charge is -2.15. The summed E-state index contributed by atoms with van der Waals surface area (Å²) in [5.74, 6) is 0.0369. The molecule has 0 spiro atoms. The van der Waals surface area contributed by atoms with Crippen LogP contribution in [-0.4, -0.2) is 42.8 Å². The van der Waals surface area contributed by atoms with Crippen LogP contribution in [0.3, 0.4) is 0 Å². The van der Waals surface area contributed by atoms with Crippen LogP contribution in [0.25, 0.3) is 0 Å². The fourth-order valence-electron chi connectivity index (χ4n) is 3.17. The lowest BCUT2D eigenvalue weighted by atomic mass is 10.1. The predicted octanol–water partition coefficient (Wildman–Crippen LogP) is 3.51. The van der Waals surface area contributed by atoms with Crippen molar-refractivity contribution in [2.45, 2.75) is 32.3 Å². The maximum absolute atomic E-state index is 12.6. The molecular weight excluding hydrogens is 414 g/mol. The molecule has 0 aliphatic carbocycles. The van der Waals surface area contributed by atoms with E-state index in [0.717, 1.165) is 25.9 Å². The monoisotopic (exact) mass is 441 g/mol. The number of hydrogen-bond donors (Lipinski definition) is 3. The summed E-state index contributed by atoms with van der Waals surface area (Å²) < 4.78 is 11.1. The first-order valence-electron chi connectivity index (χ1n) is 10.4. The van der Waals surface area contributed by atoms with E-state index in [1.54, 1.807) is 48.5 Å². The van der Waals surface area contributed by atoms with Crippen LogP contribution in [0, 0.1) is 0 Å². The first kappa shape index (κ1) is 22.7. The van der Waals surface area contributed by atoms with Gasteiger partial charge in [0.05, 0.1) is 24.0 Å². The number of nitrogens with one attached hydrogen (secondary N) is 3. The Bertz CT molecular complexity index is 929. The average Bonchev–Trinajstić information content (AvgIpc) is 3.30.